The molecule has 3 heterocycles. The molecule has 4 nitrogen and oxygen atoms in total. The van der Waals surface area contributed by atoms with Crippen molar-refractivity contribution < 1.29 is 4.79 Å². The van der Waals surface area contributed by atoms with Crippen molar-refractivity contribution in [2.75, 3.05) is 32.7 Å². The van der Waals surface area contributed by atoms with E-state index in [4.69, 9.17) is 0 Å². The van der Waals surface area contributed by atoms with Crippen molar-refractivity contribution >= 4 is 5.91 Å². The Morgan fingerprint density at radius 1 is 1.19 bits per heavy atom. The molecule has 1 spiro atoms. The van der Waals surface area contributed by atoms with Crippen LogP contribution in [0.25, 0.3) is 0 Å². The van der Waals surface area contributed by atoms with Crippen molar-refractivity contribution in [1.82, 2.24) is 14.8 Å². The second kappa shape index (κ2) is 7.28. The number of rotatable bonds is 3. The number of hydrogen-bond acceptors (Lipinski definition) is 2. The molecule has 26 heavy (non-hydrogen) atoms. The molecule has 1 N–H and O–H groups in total. The molecule has 0 radical (unpaired) electrons. The number of piperidine rings is 2. The van der Waals surface area contributed by atoms with Gasteiger partial charge in [-0.2, -0.15) is 0 Å². The zero-order chi connectivity index (χ0) is 18.0. The standard InChI is InChI=1S/C22H29N3O/c1-2-24-16-20(18-6-4-3-5-7-18)14-22(17-24)9-12-25(13-10-22)21(26)19-8-11-23-15-19/h3-8,11,15,20,23H,2,9-10,12-14,16-17H2,1H3. The number of hydrogen-bond donors (Lipinski definition) is 1. The second-order valence-corrected chi connectivity index (χ2v) is 8.03. The fraction of sp³-hybridized carbons (Fsp3) is 0.500. The number of nitrogens with one attached hydrogen (secondary N) is 1. The highest BCUT2D eigenvalue weighted by atomic mass is 16.2. The van der Waals surface area contributed by atoms with Gasteiger partial charge in [-0.1, -0.05) is 37.3 Å². The van der Waals surface area contributed by atoms with Crippen LogP contribution in [-0.4, -0.2) is 53.4 Å². The first-order chi connectivity index (χ1) is 12.7. The molecule has 1 unspecified atom stereocenters. The largest absolute Gasteiger partial charge is 0.367 e. The third-order valence-electron chi connectivity index (χ3n) is 6.39. The van der Waals surface area contributed by atoms with Gasteiger partial charge in [0.1, 0.15) is 0 Å². The van der Waals surface area contributed by atoms with E-state index in [-0.39, 0.29) is 5.91 Å². The van der Waals surface area contributed by atoms with Crippen LogP contribution in [0.2, 0.25) is 0 Å². The lowest BCUT2D eigenvalue weighted by Crippen LogP contribution is -2.52. The third kappa shape index (κ3) is 3.43. The van der Waals surface area contributed by atoms with Crippen LogP contribution in [0.15, 0.2) is 48.8 Å². The van der Waals surface area contributed by atoms with Crippen LogP contribution in [-0.2, 0) is 0 Å². The molecule has 2 aliphatic rings. The number of benzene rings is 1. The lowest BCUT2D eigenvalue weighted by molar-refractivity contribution is 0.0158. The van der Waals surface area contributed by atoms with E-state index in [1.807, 2.05) is 17.2 Å². The Morgan fingerprint density at radius 2 is 1.96 bits per heavy atom. The molecule has 4 rings (SSSR count). The van der Waals surface area contributed by atoms with Crippen LogP contribution in [0, 0.1) is 5.41 Å². The molecular weight excluding hydrogens is 322 g/mol. The van der Waals surface area contributed by atoms with Gasteiger partial charge in [0.05, 0.1) is 5.56 Å². The summed E-state index contributed by atoms with van der Waals surface area (Å²) < 4.78 is 0. The molecule has 1 amide bonds. The number of aromatic nitrogens is 1. The van der Waals surface area contributed by atoms with E-state index >= 15 is 0 Å². The minimum absolute atomic E-state index is 0.170. The van der Waals surface area contributed by atoms with Crippen molar-refractivity contribution in [2.45, 2.75) is 32.1 Å². The summed E-state index contributed by atoms with van der Waals surface area (Å²) in [7, 11) is 0. The van der Waals surface area contributed by atoms with E-state index in [0.29, 0.717) is 11.3 Å². The summed E-state index contributed by atoms with van der Waals surface area (Å²) in [6.07, 6.45) is 7.10. The van der Waals surface area contributed by atoms with Crippen molar-refractivity contribution in [3.05, 3.63) is 59.9 Å². The number of likely N-dealkylation sites (tertiary alicyclic amines) is 2. The highest BCUT2D eigenvalue weighted by Gasteiger charge is 2.42. The lowest BCUT2D eigenvalue weighted by atomic mass is 9.68. The average Bonchev–Trinajstić information content (AvgIpc) is 3.23. The van der Waals surface area contributed by atoms with Crippen LogP contribution in [0.5, 0.6) is 0 Å². The molecule has 2 saturated heterocycles. The molecule has 0 saturated carbocycles. The van der Waals surface area contributed by atoms with E-state index in [2.05, 4.69) is 47.1 Å². The fourth-order valence-electron chi connectivity index (χ4n) is 4.88. The molecule has 2 fully saturated rings. The summed E-state index contributed by atoms with van der Waals surface area (Å²) in [5.41, 5.74) is 2.60. The molecule has 138 valence electrons. The predicted octanol–water partition coefficient (Wildman–Crippen LogP) is 3.75. The van der Waals surface area contributed by atoms with E-state index in [9.17, 15) is 4.79 Å². The minimum Gasteiger partial charge on any atom is -0.367 e. The molecule has 1 atom stereocenters. The Morgan fingerprint density at radius 3 is 2.62 bits per heavy atom. The zero-order valence-corrected chi connectivity index (χ0v) is 15.7. The Bertz CT molecular complexity index is 717. The van der Waals surface area contributed by atoms with Crippen LogP contribution in [0.3, 0.4) is 0 Å². The van der Waals surface area contributed by atoms with Gasteiger partial charge in [0.2, 0.25) is 0 Å². The van der Waals surface area contributed by atoms with Gasteiger partial charge in [-0.15, -0.1) is 0 Å². The number of aromatic amines is 1. The first kappa shape index (κ1) is 17.3. The molecule has 2 aliphatic heterocycles. The average molecular weight is 351 g/mol. The van der Waals surface area contributed by atoms with Crippen LogP contribution in [0.4, 0.5) is 0 Å². The van der Waals surface area contributed by atoms with E-state index < -0.39 is 0 Å². The van der Waals surface area contributed by atoms with Gasteiger partial charge in [-0.3, -0.25) is 4.79 Å². The highest BCUT2D eigenvalue weighted by molar-refractivity contribution is 5.94. The topological polar surface area (TPSA) is 39.3 Å². The minimum atomic E-state index is 0.170. The van der Waals surface area contributed by atoms with Crippen LogP contribution >= 0.6 is 0 Å². The maximum Gasteiger partial charge on any atom is 0.255 e. The van der Waals surface area contributed by atoms with Gasteiger partial charge in [-0.25, -0.2) is 0 Å². The number of amides is 1. The van der Waals surface area contributed by atoms with Crippen molar-refractivity contribution in [3.8, 4) is 0 Å². The summed E-state index contributed by atoms with van der Waals surface area (Å²) in [4.78, 5) is 20.3. The van der Waals surface area contributed by atoms with E-state index in [1.54, 1.807) is 6.20 Å². The van der Waals surface area contributed by atoms with Crippen molar-refractivity contribution in [3.63, 3.8) is 0 Å². The van der Waals surface area contributed by atoms with Crippen LogP contribution in [0.1, 0.15) is 48.0 Å². The van der Waals surface area contributed by atoms with Crippen LogP contribution < -0.4 is 0 Å². The summed E-state index contributed by atoms with van der Waals surface area (Å²) in [5.74, 6) is 0.778. The van der Waals surface area contributed by atoms with Crippen molar-refractivity contribution in [2.24, 2.45) is 5.41 Å². The number of likely N-dealkylation sites (N-methyl/N-ethyl adjacent to an activating group) is 1. The Labute approximate surface area is 156 Å². The number of H-pyrrole nitrogens is 1. The van der Waals surface area contributed by atoms with Gasteiger partial charge in [0, 0.05) is 38.6 Å². The number of nitrogens with zero attached hydrogens (tertiary/aromatic N) is 2. The normalized spacial score (nSPS) is 23.3. The van der Waals surface area contributed by atoms with Gasteiger partial charge < -0.3 is 14.8 Å². The molecule has 2 aromatic rings. The smallest absolute Gasteiger partial charge is 0.255 e. The van der Waals surface area contributed by atoms with Gasteiger partial charge in [-0.05, 0) is 48.8 Å². The van der Waals surface area contributed by atoms with Gasteiger partial charge >= 0.3 is 0 Å². The third-order valence-corrected chi connectivity index (χ3v) is 6.39. The quantitative estimate of drug-likeness (QED) is 0.915. The lowest BCUT2D eigenvalue weighted by Gasteiger charge is -2.50. The summed E-state index contributed by atoms with van der Waals surface area (Å²) in [5, 5.41) is 0. The monoisotopic (exact) mass is 351 g/mol. The summed E-state index contributed by atoms with van der Waals surface area (Å²) in [6.45, 7) is 7.47. The predicted molar refractivity (Wildman–Crippen MR) is 104 cm³/mol. The molecule has 0 bridgehead atoms. The first-order valence-electron chi connectivity index (χ1n) is 9.88. The van der Waals surface area contributed by atoms with E-state index in [1.165, 1.54) is 18.5 Å². The van der Waals surface area contributed by atoms with Gasteiger partial charge in [0.15, 0.2) is 0 Å². The number of carbonyl (C=O) groups excluding carboxylic acids is 1. The van der Waals surface area contributed by atoms with E-state index in [0.717, 1.165) is 44.6 Å². The SMILES string of the molecule is CCN1CC(c2ccccc2)CC2(CCN(C(=O)c3cc[nH]c3)CC2)C1. The Balaban J connectivity index is 1.47. The molecule has 1 aromatic heterocycles. The Hall–Kier alpha value is -2.07. The maximum absolute atomic E-state index is 12.6. The van der Waals surface area contributed by atoms with Gasteiger partial charge in [0.25, 0.3) is 5.91 Å². The highest BCUT2D eigenvalue weighted by Crippen LogP contribution is 2.45. The summed E-state index contributed by atoms with van der Waals surface area (Å²) >= 11 is 0. The Kier molecular flexibility index (Phi) is 4.86. The molecular formula is C22H29N3O. The fourth-order valence-corrected chi connectivity index (χ4v) is 4.88. The van der Waals surface area contributed by atoms with Crippen molar-refractivity contribution in [1.29, 1.82) is 0 Å². The zero-order valence-electron chi connectivity index (χ0n) is 15.7. The molecule has 1 aromatic carbocycles. The first-order valence-corrected chi connectivity index (χ1v) is 9.88. The maximum atomic E-state index is 12.6. The molecule has 0 aliphatic carbocycles. The second-order valence-electron chi connectivity index (χ2n) is 8.03. The summed E-state index contributed by atoms with van der Waals surface area (Å²) in [6, 6.07) is 12.8. The number of carbonyl (C=O) groups is 1. The molecule has 4 heteroatoms.